The van der Waals surface area contributed by atoms with Crippen molar-refractivity contribution in [2.24, 2.45) is 5.73 Å². The molecule has 1 aromatic heterocycles. The van der Waals surface area contributed by atoms with Crippen molar-refractivity contribution in [1.29, 1.82) is 0 Å². The third-order valence-electron chi connectivity index (χ3n) is 2.67. The van der Waals surface area contributed by atoms with Crippen molar-refractivity contribution in [3.63, 3.8) is 0 Å². The number of hydrogen-bond acceptors (Lipinski definition) is 6. The van der Waals surface area contributed by atoms with Crippen LogP contribution in [-0.4, -0.2) is 49.9 Å². The fourth-order valence-corrected chi connectivity index (χ4v) is 2.87. The molecule has 7 nitrogen and oxygen atoms in total. The maximum atomic E-state index is 12.1. The zero-order valence-corrected chi connectivity index (χ0v) is 13.3. The molecule has 0 aliphatic heterocycles. The number of thiophene rings is 1. The third-order valence-corrected chi connectivity index (χ3v) is 3.86. The second-order valence-electron chi connectivity index (χ2n) is 4.43. The molecular weight excluding hydrogens is 294 g/mol. The number of nitrogens with zero attached hydrogens (tertiary/aromatic N) is 1. The first-order chi connectivity index (χ1) is 9.83. The smallest absolute Gasteiger partial charge is 0.341 e. The van der Waals surface area contributed by atoms with Gasteiger partial charge in [0.1, 0.15) is 5.00 Å². The van der Waals surface area contributed by atoms with Crippen LogP contribution in [0.2, 0.25) is 0 Å². The quantitative estimate of drug-likeness (QED) is 0.784. The van der Waals surface area contributed by atoms with Crippen molar-refractivity contribution in [3.05, 3.63) is 16.0 Å². The average Bonchev–Trinajstić information content (AvgIpc) is 2.74. The minimum absolute atomic E-state index is 0.203. The zero-order valence-electron chi connectivity index (χ0n) is 12.5. The van der Waals surface area contributed by atoms with Gasteiger partial charge in [0.25, 0.3) is 5.91 Å². The summed E-state index contributed by atoms with van der Waals surface area (Å²) in [4.78, 5) is 37.4. The van der Waals surface area contributed by atoms with E-state index in [-0.39, 0.29) is 29.6 Å². The van der Waals surface area contributed by atoms with Crippen LogP contribution in [0.15, 0.2) is 0 Å². The maximum Gasteiger partial charge on any atom is 0.341 e. The highest BCUT2D eigenvalue weighted by molar-refractivity contribution is 7.18. The number of hydrogen-bond donors (Lipinski definition) is 2. The molecule has 0 fully saturated rings. The normalized spacial score (nSPS) is 10.1. The van der Waals surface area contributed by atoms with Gasteiger partial charge in [-0.2, -0.15) is 0 Å². The van der Waals surface area contributed by atoms with Gasteiger partial charge in [-0.25, -0.2) is 4.79 Å². The highest BCUT2D eigenvalue weighted by Gasteiger charge is 2.27. The number of nitrogens with two attached hydrogens (primary N) is 1. The lowest BCUT2D eigenvalue weighted by Crippen LogP contribution is -2.22. The zero-order chi connectivity index (χ0) is 16.2. The van der Waals surface area contributed by atoms with Gasteiger partial charge in [-0.3, -0.25) is 9.59 Å². The minimum Gasteiger partial charge on any atom is -0.462 e. The van der Waals surface area contributed by atoms with Gasteiger partial charge in [-0.1, -0.05) is 0 Å². The summed E-state index contributed by atoms with van der Waals surface area (Å²) >= 11 is 1.04. The first kappa shape index (κ1) is 17.1. The number of nitrogens with one attached hydrogen (secondary N) is 1. The third kappa shape index (κ3) is 3.79. The number of carbonyl (C=O) groups is 3. The molecule has 0 spiro atoms. The van der Waals surface area contributed by atoms with Crippen molar-refractivity contribution < 1.29 is 19.1 Å². The predicted octanol–water partition coefficient (Wildman–Crippen LogP) is 0.832. The Bertz CT molecular complexity index is 566. The molecule has 0 saturated heterocycles. The fourth-order valence-electron chi connectivity index (χ4n) is 1.64. The molecule has 1 aromatic rings. The lowest BCUT2D eigenvalue weighted by atomic mass is 10.1. The Morgan fingerprint density at radius 1 is 1.33 bits per heavy atom. The summed E-state index contributed by atoms with van der Waals surface area (Å²) in [6.45, 7) is 3.33. The molecule has 21 heavy (non-hydrogen) atoms. The number of ether oxygens (including phenoxy) is 1. The number of rotatable bonds is 5. The van der Waals surface area contributed by atoms with E-state index in [1.165, 1.54) is 4.90 Å². The van der Waals surface area contributed by atoms with E-state index in [2.05, 4.69) is 5.32 Å². The molecule has 1 heterocycles. The van der Waals surface area contributed by atoms with Crippen molar-refractivity contribution in [2.45, 2.75) is 13.8 Å². The number of anilines is 1. The topological polar surface area (TPSA) is 102 Å². The van der Waals surface area contributed by atoms with E-state index in [0.717, 1.165) is 11.3 Å². The molecular formula is C13H19N3O4S. The first-order valence-corrected chi connectivity index (χ1v) is 7.17. The molecule has 0 aromatic carbocycles. The molecule has 0 radical (unpaired) electrons. The second kappa shape index (κ2) is 7.19. The standard InChI is InChI=1S/C13H19N3O4S/c1-5-20-13(19)9-7(2)10(12(18)16(3)4)21-11(9)15-8(17)6-14/h5-6,14H2,1-4H3,(H,15,17). The van der Waals surface area contributed by atoms with Crippen molar-refractivity contribution in [1.82, 2.24) is 4.90 Å². The Hall–Kier alpha value is -1.93. The van der Waals surface area contributed by atoms with Gasteiger partial charge in [-0.15, -0.1) is 11.3 Å². The van der Waals surface area contributed by atoms with Crippen LogP contribution >= 0.6 is 11.3 Å². The molecule has 0 unspecified atom stereocenters. The Balaban J connectivity index is 3.32. The van der Waals surface area contributed by atoms with Crippen LogP contribution in [0.4, 0.5) is 5.00 Å². The van der Waals surface area contributed by atoms with Gasteiger partial charge < -0.3 is 20.7 Å². The van der Waals surface area contributed by atoms with E-state index >= 15 is 0 Å². The first-order valence-electron chi connectivity index (χ1n) is 6.35. The molecule has 0 atom stereocenters. The molecule has 0 aliphatic carbocycles. The molecule has 0 saturated carbocycles. The lowest BCUT2D eigenvalue weighted by molar-refractivity contribution is -0.114. The predicted molar refractivity (Wildman–Crippen MR) is 80.7 cm³/mol. The summed E-state index contributed by atoms with van der Waals surface area (Å²) in [7, 11) is 3.23. The molecule has 116 valence electrons. The van der Waals surface area contributed by atoms with Crippen LogP contribution in [-0.2, 0) is 9.53 Å². The van der Waals surface area contributed by atoms with Gasteiger partial charge in [0, 0.05) is 14.1 Å². The van der Waals surface area contributed by atoms with Crippen LogP contribution in [0, 0.1) is 6.92 Å². The van der Waals surface area contributed by atoms with E-state index < -0.39 is 11.9 Å². The molecule has 0 bridgehead atoms. The molecule has 1 rings (SSSR count). The molecule has 0 aliphatic rings. The molecule has 3 N–H and O–H groups in total. The van der Waals surface area contributed by atoms with Crippen molar-refractivity contribution in [3.8, 4) is 0 Å². The fraction of sp³-hybridized carbons (Fsp3) is 0.462. The number of esters is 1. The number of amides is 2. The maximum absolute atomic E-state index is 12.1. The number of carbonyl (C=O) groups excluding carboxylic acids is 3. The highest BCUT2D eigenvalue weighted by atomic mass is 32.1. The molecule has 8 heteroatoms. The minimum atomic E-state index is -0.573. The summed E-state index contributed by atoms with van der Waals surface area (Å²) in [6.07, 6.45) is 0. The van der Waals surface area contributed by atoms with E-state index in [4.69, 9.17) is 10.5 Å². The Morgan fingerprint density at radius 2 is 1.95 bits per heavy atom. The highest BCUT2D eigenvalue weighted by Crippen LogP contribution is 2.34. The SMILES string of the molecule is CCOC(=O)c1c(NC(=O)CN)sc(C(=O)N(C)C)c1C. The lowest BCUT2D eigenvalue weighted by Gasteiger charge is -2.09. The average molecular weight is 313 g/mol. The summed E-state index contributed by atoms with van der Waals surface area (Å²) < 4.78 is 4.98. The van der Waals surface area contributed by atoms with Crippen LogP contribution in [0.5, 0.6) is 0 Å². The van der Waals surface area contributed by atoms with Gasteiger partial charge in [0.15, 0.2) is 0 Å². The van der Waals surface area contributed by atoms with Gasteiger partial charge in [0.2, 0.25) is 5.91 Å². The van der Waals surface area contributed by atoms with Crippen LogP contribution in [0.25, 0.3) is 0 Å². The summed E-state index contributed by atoms with van der Waals surface area (Å²) in [5, 5.41) is 2.82. The Morgan fingerprint density at radius 3 is 2.43 bits per heavy atom. The summed E-state index contributed by atoms with van der Waals surface area (Å²) in [6, 6.07) is 0. The van der Waals surface area contributed by atoms with E-state index in [1.54, 1.807) is 27.9 Å². The molecule has 2 amide bonds. The van der Waals surface area contributed by atoms with E-state index in [0.29, 0.717) is 10.4 Å². The monoisotopic (exact) mass is 313 g/mol. The van der Waals surface area contributed by atoms with E-state index in [1.807, 2.05) is 0 Å². The van der Waals surface area contributed by atoms with Crippen LogP contribution in [0.3, 0.4) is 0 Å². The Kier molecular flexibility index (Phi) is 5.86. The largest absolute Gasteiger partial charge is 0.462 e. The van der Waals surface area contributed by atoms with Gasteiger partial charge in [0.05, 0.1) is 23.6 Å². The summed E-state index contributed by atoms with van der Waals surface area (Å²) in [5.74, 6) is -1.25. The van der Waals surface area contributed by atoms with E-state index in [9.17, 15) is 14.4 Å². The van der Waals surface area contributed by atoms with Crippen LogP contribution < -0.4 is 11.1 Å². The summed E-state index contributed by atoms with van der Waals surface area (Å²) in [5.41, 5.74) is 5.95. The van der Waals surface area contributed by atoms with Crippen molar-refractivity contribution >= 4 is 34.1 Å². The Labute approximate surface area is 127 Å². The second-order valence-corrected chi connectivity index (χ2v) is 5.45. The van der Waals surface area contributed by atoms with Crippen LogP contribution in [0.1, 0.15) is 32.5 Å². The van der Waals surface area contributed by atoms with Gasteiger partial charge in [-0.05, 0) is 19.4 Å². The van der Waals surface area contributed by atoms with Crippen molar-refractivity contribution in [2.75, 3.05) is 32.6 Å². The van der Waals surface area contributed by atoms with Gasteiger partial charge >= 0.3 is 5.97 Å².